The molecule has 0 aromatic carbocycles. The molecule has 0 aromatic heterocycles. The second kappa shape index (κ2) is 36.3. The van der Waals surface area contributed by atoms with Crippen molar-refractivity contribution in [1.29, 1.82) is 0 Å². The predicted octanol–water partition coefficient (Wildman–Crippen LogP) is -4.68. The second-order valence-corrected chi connectivity index (χ2v) is 5.97. The molecule has 0 atom stereocenters. The van der Waals surface area contributed by atoms with Gasteiger partial charge in [0.05, 0.1) is 0 Å². The fourth-order valence-electron chi connectivity index (χ4n) is 2.50. The summed E-state index contributed by atoms with van der Waals surface area (Å²) in [6.45, 7) is 7.75. The third-order valence-electron chi connectivity index (χ3n) is 3.88. The van der Waals surface area contributed by atoms with Crippen molar-refractivity contribution in [2.45, 2.75) is 103 Å². The minimum absolute atomic E-state index is 0. The molecule has 0 N–H and O–H groups in total. The summed E-state index contributed by atoms with van der Waals surface area (Å²) in [7, 11) is 0. The maximum absolute atomic E-state index is 3.88. The zero-order valence-electron chi connectivity index (χ0n) is 17.9. The summed E-state index contributed by atoms with van der Waals surface area (Å²) in [5.74, 6) is 0. The molecule has 0 saturated heterocycles. The van der Waals surface area contributed by atoms with Crippen LogP contribution in [0.25, 0.3) is 0 Å². The maximum Gasteiger partial charge on any atom is 1.00 e. The summed E-state index contributed by atoms with van der Waals surface area (Å²) in [6, 6.07) is 0. The summed E-state index contributed by atoms with van der Waals surface area (Å²) in [6.07, 6.45) is 26.3. The molecule has 0 nitrogen and oxygen atoms in total. The summed E-state index contributed by atoms with van der Waals surface area (Å²) in [5.41, 5.74) is 0. The average Bonchev–Trinajstić information content (AvgIpc) is 2.47. The van der Waals surface area contributed by atoms with Crippen LogP contribution in [0.2, 0.25) is 0 Å². The first-order valence-electron chi connectivity index (χ1n) is 9.13. The van der Waals surface area contributed by atoms with E-state index >= 15 is 0 Å². The SMILES string of the molecule is [CH2-]CCC[CH-]CCCC[CH-]CCCCCCCCC[CH2-].[Li+].[Li+].[Li+].[Li+]. The minimum Gasteiger partial charge on any atom is -0.343 e. The molecule has 0 aliphatic heterocycles. The third kappa shape index (κ3) is 35.5. The van der Waals surface area contributed by atoms with Crippen LogP contribution < -0.4 is 75.4 Å². The van der Waals surface area contributed by atoms with E-state index in [1.807, 2.05) is 0 Å². The van der Waals surface area contributed by atoms with Crippen molar-refractivity contribution in [3.8, 4) is 0 Å². The van der Waals surface area contributed by atoms with E-state index in [1.165, 1.54) is 89.9 Å². The molecule has 0 aliphatic carbocycles. The van der Waals surface area contributed by atoms with Gasteiger partial charge in [-0.1, -0.05) is 57.8 Å². The van der Waals surface area contributed by atoms with Gasteiger partial charge in [-0.15, -0.1) is 6.42 Å². The molecule has 0 radical (unpaired) electrons. The van der Waals surface area contributed by atoms with E-state index in [4.69, 9.17) is 0 Å². The number of hydrogen-bond acceptors (Lipinski definition) is 0. The Kier molecular flexibility index (Phi) is 56.3. The quantitative estimate of drug-likeness (QED) is 0.144. The Balaban J connectivity index is -0.000000301. The number of unbranched alkanes of at least 4 members (excludes halogenated alkanes) is 17. The molecular formula is C20H38Li4. The summed E-state index contributed by atoms with van der Waals surface area (Å²) in [4.78, 5) is 0. The molecule has 24 heavy (non-hydrogen) atoms. The first-order valence-corrected chi connectivity index (χ1v) is 9.13. The van der Waals surface area contributed by atoms with Gasteiger partial charge >= 0.3 is 75.4 Å². The fourth-order valence-corrected chi connectivity index (χ4v) is 2.50. The maximum atomic E-state index is 3.88. The molecular weight excluding hydrogens is 268 g/mol. The van der Waals surface area contributed by atoms with Crippen LogP contribution in [0.3, 0.4) is 0 Å². The standard InChI is InChI=1S/C20H38.4Li/c1-3-5-7-9-11-13-15-17-19-20-18-16-14-12-10-8-6-4-2;;;;/h9,19H,1-8,10-18,20H2;;;;/q-4;4*+1. The van der Waals surface area contributed by atoms with Gasteiger partial charge < -0.3 is 26.7 Å². The summed E-state index contributed by atoms with van der Waals surface area (Å²) < 4.78 is 0. The van der Waals surface area contributed by atoms with E-state index in [9.17, 15) is 0 Å². The van der Waals surface area contributed by atoms with Crippen LogP contribution in [-0.2, 0) is 0 Å². The van der Waals surface area contributed by atoms with Gasteiger partial charge in [0.2, 0.25) is 0 Å². The van der Waals surface area contributed by atoms with Gasteiger partial charge in [-0.25, -0.2) is 0 Å². The zero-order chi connectivity index (χ0) is 14.7. The first kappa shape index (κ1) is 37.2. The van der Waals surface area contributed by atoms with E-state index in [0.29, 0.717) is 0 Å². The van der Waals surface area contributed by atoms with Crippen molar-refractivity contribution in [3.05, 3.63) is 26.7 Å². The van der Waals surface area contributed by atoms with Crippen LogP contribution in [0.1, 0.15) is 103 Å². The summed E-state index contributed by atoms with van der Waals surface area (Å²) >= 11 is 0. The van der Waals surface area contributed by atoms with Crippen molar-refractivity contribution < 1.29 is 75.4 Å². The normalized spacial score (nSPS) is 9.25. The van der Waals surface area contributed by atoms with Gasteiger partial charge in [0.1, 0.15) is 0 Å². The topological polar surface area (TPSA) is 0 Å². The molecule has 0 fully saturated rings. The van der Waals surface area contributed by atoms with Crippen LogP contribution in [0, 0.1) is 26.7 Å². The van der Waals surface area contributed by atoms with Crippen LogP contribution in [0.5, 0.6) is 0 Å². The van der Waals surface area contributed by atoms with Gasteiger partial charge in [-0.05, 0) is 0 Å². The second-order valence-electron chi connectivity index (χ2n) is 5.97. The van der Waals surface area contributed by atoms with Crippen molar-refractivity contribution in [1.82, 2.24) is 0 Å². The molecule has 0 bridgehead atoms. The Morgan fingerprint density at radius 2 is 0.667 bits per heavy atom. The Morgan fingerprint density at radius 3 is 1.08 bits per heavy atom. The van der Waals surface area contributed by atoms with Crippen molar-refractivity contribution in [2.75, 3.05) is 0 Å². The molecule has 0 saturated carbocycles. The Hall–Kier alpha value is 2.39. The Bertz CT molecular complexity index is 148. The van der Waals surface area contributed by atoms with Gasteiger partial charge in [-0.3, -0.25) is 0 Å². The monoisotopic (exact) mass is 306 g/mol. The van der Waals surface area contributed by atoms with Gasteiger partial charge in [0, 0.05) is 0 Å². The molecule has 0 amide bonds. The minimum atomic E-state index is 0. The first-order chi connectivity index (χ1) is 9.91. The number of hydrogen-bond donors (Lipinski definition) is 0. The van der Waals surface area contributed by atoms with E-state index in [0.717, 1.165) is 12.8 Å². The van der Waals surface area contributed by atoms with Gasteiger partial charge in [0.25, 0.3) is 0 Å². The molecule has 0 aliphatic rings. The Morgan fingerprint density at radius 1 is 0.375 bits per heavy atom. The molecule has 0 spiro atoms. The van der Waals surface area contributed by atoms with Crippen LogP contribution in [0.15, 0.2) is 0 Å². The summed E-state index contributed by atoms with van der Waals surface area (Å²) in [5, 5.41) is 0. The van der Waals surface area contributed by atoms with E-state index in [1.54, 1.807) is 0 Å². The largest absolute Gasteiger partial charge is 1.00 e. The van der Waals surface area contributed by atoms with E-state index in [-0.39, 0.29) is 75.4 Å². The van der Waals surface area contributed by atoms with E-state index in [2.05, 4.69) is 26.7 Å². The Labute approximate surface area is 203 Å². The van der Waals surface area contributed by atoms with Crippen LogP contribution in [-0.4, -0.2) is 0 Å². The molecule has 4 heteroatoms. The third-order valence-corrected chi connectivity index (χ3v) is 3.88. The van der Waals surface area contributed by atoms with Gasteiger partial charge in [0.15, 0.2) is 0 Å². The van der Waals surface area contributed by atoms with Crippen LogP contribution >= 0.6 is 0 Å². The fraction of sp³-hybridized carbons (Fsp3) is 0.800. The van der Waals surface area contributed by atoms with Crippen LogP contribution in [0.4, 0.5) is 0 Å². The predicted molar refractivity (Wildman–Crippen MR) is 93.2 cm³/mol. The van der Waals surface area contributed by atoms with Gasteiger partial charge in [-0.2, -0.15) is 38.5 Å². The van der Waals surface area contributed by atoms with E-state index < -0.39 is 0 Å². The molecule has 122 valence electrons. The van der Waals surface area contributed by atoms with Crippen molar-refractivity contribution in [3.63, 3.8) is 0 Å². The molecule has 0 heterocycles. The average molecular weight is 306 g/mol. The molecule has 0 rings (SSSR count). The van der Waals surface area contributed by atoms with Crippen molar-refractivity contribution >= 4 is 0 Å². The zero-order valence-corrected chi connectivity index (χ0v) is 17.9. The van der Waals surface area contributed by atoms with Crippen molar-refractivity contribution in [2.24, 2.45) is 0 Å². The molecule has 0 unspecified atom stereocenters. The molecule has 0 aromatic rings. The number of rotatable bonds is 17. The smallest absolute Gasteiger partial charge is 0.343 e.